The lowest BCUT2D eigenvalue weighted by Crippen LogP contribution is -2.24. The van der Waals surface area contributed by atoms with Gasteiger partial charge >= 0.3 is 0 Å². The molecule has 84 valence electrons. The number of hydrogen-bond donors (Lipinski definition) is 0. The van der Waals surface area contributed by atoms with Crippen molar-refractivity contribution in [2.45, 2.75) is 34.8 Å². The molecule has 0 radical (unpaired) electrons. The number of sulfone groups is 1. The molecule has 2 atom stereocenters. The second-order valence-electron chi connectivity index (χ2n) is 3.47. The van der Waals surface area contributed by atoms with E-state index in [1.165, 1.54) is 0 Å². The molecule has 14 heavy (non-hydrogen) atoms. The summed E-state index contributed by atoms with van der Waals surface area (Å²) in [5, 5.41) is 0. The van der Waals surface area contributed by atoms with Gasteiger partial charge in [0, 0.05) is 0 Å². The van der Waals surface area contributed by atoms with Gasteiger partial charge < -0.3 is 5.48 Å². The Balaban J connectivity index is 0.000000980. The van der Waals surface area contributed by atoms with Crippen molar-refractivity contribution in [1.29, 1.82) is 0 Å². The molecule has 2 unspecified atom stereocenters. The van der Waals surface area contributed by atoms with Crippen molar-refractivity contribution in [3.05, 3.63) is 0 Å². The van der Waals surface area contributed by atoms with E-state index in [1.807, 2.05) is 0 Å². The predicted molar refractivity (Wildman–Crippen MR) is 63.5 cm³/mol. The number of thioether (sulfide) groups is 2. The Labute approximate surface area is 93.6 Å². The van der Waals surface area contributed by atoms with E-state index in [0.717, 1.165) is 37.2 Å². The number of hydrogen-bond acceptors (Lipinski definition) is 4. The summed E-state index contributed by atoms with van der Waals surface area (Å²) in [6.07, 6.45) is 3.91. The summed E-state index contributed by atoms with van der Waals surface area (Å²) in [6.45, 7) is 0. The minimum absolute atomic E-state index is 0. The molecule has 0 aliphatic carbocycles. The predicted octanol–water partition coefficient (Wildman–Crippen LogP) is 1.28. The average molecular weight is 256 g/mol. The standard InChI is InChI=1S/C8H14O2S3.H2O/c9-13(10,7-3-1-5-11-7)8-4-2-6-12-8;/h7-8H,1-6H2;1H2. The fourth-order valence-corrected chi connectivity index (χ4v) is 8.08. The molecule has 0 aromatic heterocycles. The van der Waals surface area contributed by atoms with Crippen LogP contribution in [0.25, 0.3) is 0 Å². The van der Waals surface area contributed by atoms with Crippen molar-refractivity contribution in [2.75, 3.05) is 11.5 Å². The summed E-state index contributed by atoms with van der Waals surface area (Å²) >= 11 is 3.27. The van der Waals surface area contributed by atoms with Crippen LogP contribution in [0.5, 0.6) is 0 Å². The highest BCUT2D eigenvalue weighted by Gasteiger charge is 2.38. The maximum Gasteiger partial charge on any atom is 0.174 e. The molecule has 0 saturated carbocycles. The maximum absolute atomic E-state index is 12.0. The molecule has 0 bridgehead atoms. The van der Waals surface area contributed by atoms with Crippen LogP contribution in [0, 0.1) is 0 Å². The van der Waals surface area contributed by atoms with Gasteiger partial charge in [0.25, 0.3) is 0 Å². The Morgan fingerprint density at radius 1 is 0.929 bits per heavy atom. The first-order valence-electron chi connectivity index (χ1n) is 4.67. The van der Waals surface area contributed by atoms with Crippen LogP contribution in [0.15, 0.2) is 0 Å². The summed E-state index contributed by atoms with van der Waals surface area (Å²) in [7, 11) is -2.81. The van der Waals surface area contributed by atoms with Crippen LogP contribution in [0.3, 0.4) is 0 Å². The molecule has 2 aliphatic heterocycles. The van der Waals surface area contributed by atoms with Crippen molar-refractivity contribution < 1.29 is 13.9 Å². The summed E-state index contributed by atoms with van der Waals surface area (Å²) in [4.78, 5) is 0. The lowest BCUT2D eigenvalue weighted by Gasteiger charge is -2.15. The van der Waals surface area contributed by atoms with E-state index in [2.05, 4.69) is 0 Å². The third-order valence-corrected chi connectivity index (χ3v) is 9.14. The SMILES string of the molecule is O.O=S(=O)(C1CCCS1)C1CCCS1. The van der Waals surface area contributed by atoms with Gasteiger partial charge in [0.05, 0.1) is 0 Å². The molecule has 2 aliphatic rings. The Morgan fingerprint density at radius 3 is 1.64 bits per heavy atom. The van der Waals surface area contributed by atoms with E-state index < -0.39 is 9.84 Å². The lowest BCUT2D eigenvalue weighted by molar-refractivity contribution is 0.586. The quantitative estimate of drug-likeness (QED) is 0.746. The van der Waals surface area contributed by atoms with Crippen LogP contribution < -0.4 is 0 Å². The third kappa shape index (κ3) is 2.40. The Bertz CT molecular complexity index is 242. The molecule has 0 spiro atoms. The molecule has 0 aromatic rings. The van der Waals surface area contributed by atoms with Gasteiger partial charge in [-0.15, -0.1) is 23.5 Å². The molecule has 2 heterocycles. The largest absolute Gasteiger partial charge is 0.412 e. The van der Waals surface area contributed by atoms with E-state index >= 15 is 0 Å². The highest BCUT2D eigenvalue weighted by Crippen LogP contribution is 2.39. The minimum atomic E-state index is -2.81. The normalized spacial score (nSPS) is 32.9. The number of rotatable bonds is 2. The molecule has 2 rings (SSSR count). The second-order valence-corrected chi connectivity index (χ2v) is 9.01. The Kier molecular flexibility index (Phi) is 4.61. The van der Waals surface area contributed by atoms with E-state index in [4.69, 9.17) is 0 Å². The van der Waals surface area contributed by atoms with Gasteiger partial charge in [0.2, 0.25) is 0 Å². The molecule has 0 amide bonds. The van der Waals surface area contributed by atoms with Crippen molar-refractivity contribution in [1.82, 2.24) is 0 Å². The van der Waals surface area contributed by atoms with E-state index in [1.54, 1.807) is 23.5 Å². The molecular formula is C8H16O3S3. The monoisotopic (exact) mass is 256 g/mol. The topological polar surface area (TPSA) is 65.6 Å². The van der Waals surface area contributed by atoms with Crippen LogP contribution in [0.2, 0.25) is 0 Å². The van der Waals surface area contributed by atoms with Crippen molar-refractivity contribution in [3.8, 4) is 0 Å². The molecule has 2 N–H and O–H groups in total. The van der Waals surface area contributed by atoms with Crippen LogP contribution >= 0.6 is 23.5 Å². The van der Waals surface area contributed by atoms with Gasteiger partial charge in [0.15, 0.2) is 9.84 Å². The minimum Gasteiger partial charge on any atom is -0.412 e. The van der Waals surface area contributed by atoms with Crippen molar-refractivity contribution >= 4 is 33.4 Å². The first-order chi connectivity index (χ1) is 6.21. The second kappa shape index (κ2) is 5.09. The zero-order valence-electron chi connectivity index (χ0n) is 7.94. The van der Waals surface area contributed by atoms with E-state index in [0.29, 0.717) is 0 Å². The first kappa shape index (κ1) is 12.7. The molecule has 2 saturated heterocycles. The summed E-state index contributed by atoms with van der Waals surface area (Å²) in [6, 6.07) is 0. The fourth-order valence-electron chi connectivity index (χ4n) is 1.78. The molecule has 3 nitrogen and oxygen atoms in total. The maximum atomic E-state index is 12.0. The van der Waals surface area contributed by atoms with Gasteiger partial charge in [0.1, 0.15) is 9.16 Å². The molecular weight excluding hydrogens is 240 g/mol. The average Bonchev–Trinajstić information content (AvgIpc) is 2.78. The summed E-state index contributed by atoms with van der Waals surface area (Å²) in [5.41, 5.74) is 0. The van der Waals surface area contributed by atoms with Gasteiger partial charge in [-0.05, 0) is 37.2 Å². The zero-order valence-corrected chi connectivity index (χ0v) is 10.4. The highest BCUT2D eigenvalue weighted by atomic mass is 32.3. The smallest absolute Gasteiger partial charge is 0.174 e. The van der Waals surface area contributed by atoms with Gasteiger partial charge in [-0.2, -0.15) is 0 Å². The molecule has 2 fully saturated rings. The zero-order chi connectivity index (χ0) is 9.31. The van der Waals surface area contributed by atoms with Crippen LogP contribution in [-0.4, -0.2) is 34.6 Å². The van der Waals surface area contributed by atoms with Gasteiger partial charge in [-0.3, -0.25) is 0 Å². The summed E-state index contributed by atoms with van der Waals surface area (Å²) < 4.78 is 23.8. The summed E-state index contributed by atoms with van der Waals surface area (Å²) in [5.74, 6) is 2.06. The third-order valence-electron chi connectivity index (χ3n) is 2.51. The molecule has 0 aromatic carbocycles. The lowest BCUT2D eigenvalue weighted by atomic mass is 10.4. The van der Waals surface area contributed by atoms with Crippen LogP contribution in [-0.2, 0) is 9.84 Å². The van der Waals surface area contributed by atoms with Crippen molar-refractivity contribution in [2.24, 2.45) is 0 Å². The van der Waals surface area contributed by atoms with Gasteiger partial charge in [-0.1, -0.05) is 0 Å². The first-order valence-corrected chi connectivity index (χ1v) is 8.38. The van der Waals surface area contributed by atoms with E-state index in [-0.39, 0.29) is 14.6 Å². The van der Waals surface area contributed by atoms with E-state index in [9.17, 15) is 8.42 Å². The Morgan fingerprint density at radius 2 is 1.36 bits per heavy atom. The Hall–Kier alpha value is 0.610. The molecule has 6 heteroatoms. The highest BCUT2D eigenvalue weighted by molar-refractivity contribution is 8.20. The van der Waals surface area contributed by atoms with Crippen LogP contribution in [0.1, 0.15) is 25.7 Å². The van der Waals surface area contributed by atoms with Gasteiger partial charge in [-0.25, -0.2) is 8.42 Å². The van der Waals surface area contributed by atoms with Crippen molar-refractivity contribution in [3.63, 3.8) is 0 Å². The van der Waals surface area contributed by atoms with Crippen LogP contribution in [0.4, 0.5) is 0 Å². The fraction of sp³-hybridized carbons (Fsp3) is 1.00.